The number of fused-ring (bicyclic) bond motifs is 3. The molecule has 2 aliphatic rings. The molecule has 31 heavy (non-hydrogen) atoms. The van der Waals surface area contributed by atoms with E-state index in [1.165, 1.54) is 16.0 Å². The molecule has 0 radical (unpaired) electrons. The minimum Gasteiger partial charge on any atom is -0.493 e. The zero-order valence-corrected chi connectivity index (χ0v) is 18.4. The summed E-state index contributed by atoms with van der Waals surface area (Å²) in [5, 5.41) is 7.59. The summed E-state index contributed by atoms with van der Waals surface area (Å²) in [6.07, 6.45) is 0.588. The molecule has 1 atom stereocenters. The first-order valence-corrected chi connectivity index (χ1v) is 11.2. The van der Waals surface area contributed by atoms with Gasteiger partial charge < -0.3 is 20.1 Å². The maximum absolute atomic E-state index is 13.0. The highest BCUT2D eigenvalue weighted by Crippen LogP contribution is 2.41. The van der Waals surface area contributed by atoms with Crippen molar-refractivity contribution in [1.82, 2.24) is 10.2 Å². The third-order valence-electron chi connectivity index (χ3n) is 5.90. The van der Waals surface area contributed by atoms with Crippen LogP contribution in [-0.4, -0.2) is 31.6 Å². The van der Waals surface area contributed by atoms with Crippen LogP contribution >= 0.6 is 11.3 Å². The molecule has 1 amide bonds. The molecule has 0 bridgehead atoms. The van der Waals surface area contributed by atoms with Crippen molar-refractivity contribution in [3.05, 3.63) is 75.7 Å². The van der Waals surface area contributed by atoms with Crippen LogP contribution < -0.4 is 20.1 Å². The van der Waals surface area contributed by atoms with Gasteiger partial charge in [0.1, 0.15) is 11.2 Å². The van der Waals surface area contributed by atoms with Gasteiger partial charge in [0.05, 0.1) is 19.8 Å². The van der Waals surface area contributed by atoms with Crippen LogP contribution in [0.25, 0.3) is 0 Å². The molecular weight excluding hydrogens is 410 g/mol. The quantitative estimate of drug-likeness (QED) is 0.630. The zero-order chi connectivity index (χ0) is 21.4. The fraction of sp³-hybridized carbons (Fsp3) is 0.292. The van der Waals surface area contributed by atoms with Crippen molar-refractivity contribution < 1.29 is 14.3 Å². The summed E-state index contributed by atoms with van der Waals surface area (Å²) < 4.78 is 10.8. The van der Waals surface area contributed by atoms with Crippen molar-refractivity contribution in [2.24, 2.45) is 0 Å². The number of carbonyl (C=O) groups excluding carboxylic acids is 1. The smallest absolute Gasteiger partial charge is 0.256 e. The summed E-state index contributed by atoms with van der Waals surface area (Å²) in [6.45, 7) is 2.76. The molecule has 5 rings (SSSR count). The molecule has 0 spiro atoms. The molecule has 0 fully saturated rings. The van der Waals surface area contributed by atoms with Crippen LogP contribution in [0.4, 0.5) is 5.00 Å². The Hall–Kier alpha value is -3.03. The summed E-state index contributed by atoms with van der Waals surface area (Å²) in [5.41, 5.74) is 4.25. The lowest BCUT2D eigenvalue weighted by Crippen LogP contribution is -2.38. The molecule has 3 heterocycles. The van der Waals surface area contributed by atoms with E-state index in [0.717, 1.165) is 42.2 Å². The van der Waals surface area contributed by atoms with Crippen molar-refractivity contribution in [1.29, 1.82) is 0 Å². The van der Waals surface area contributed by atoms with Gasteiger partial charge in [0.15, 0.2) is 11.5 Å². The number of hydrogen-bond acceptors (Lipinski definition) is 6. The Balaban J connectivity index is 1.38. The Kier molecular flexibility index (Phi) is 5.29. The highest BCUT2D eigenvalue weighted by molar-refractivity contribution is 7.16. The van der Waals surface area contributed by atoms with Crippen LogP contribution in [0, 0.1) is 0 Å². The second kappa shape index (κ2) is 8.24. The number of rotatable bonds is 5. The van der Waals surface area contributed by atoms with E-state index in [9.17, 15) is 4.79 Å². The van der Waals surface area contributed by atoms with Gasteiger partial charge in [-0.25, -0.2) is 0 Å². The van der Waals surface area contributed by atoms with E-state index in [2.05, 4.69) is 39.8 Å². The summed E-state index contributed by atoms with van der Waals surface area (Å²) in [6, 6.07) is 16.2. The highest BCUT2D eigenvalue weighted by atomic mass is 32.1. The van der Waals surface area contributed by atoms with Crippen LogP contribution in [0.15, 0.2) is 48.5 Å². The number of thiophene rings is 1. The number of hydrogen-bond donors (Lipinski definition) is 2. The summed E-state index contributed by atoms with van der Waals surface area (Å²) in [4.78, 5) is 16.8. The van der Waals surface area contributed by atoms with Crippen LogP contribution in [0.2, 0.25) is 0 Å². The van der Waals surface area contributed by atoms with E-state index in [0.29, 0.717) is 11.5 Å². The molecule has 1 aromatic heterocycles. The van der Waals surface area contributed by atoms with E-state index in [4.69, 9.17) is 9.47 Å². The molecule has 0 saturated carbocycles. The molecule has 2 aliphatic heterocycles. The van der Waals surface area contributed by atoms with Crippen molar-refractivity contribution in [3.63, 3.8) is 0 Å². The minimum atomic E-state index is -0.305. The maximum atomic E-state index is 13.0. The fourth-order valence-electron chi connectivity index (χ4n) is 4.34. The van der Waals surface area contributed by atoms with E-state index in [-0.39, 0.29) is 12.1 Å². The molecule has 160 valence electrons. The number of nitrogens with zero attached hydrogens (tertiary/aromatic N) is 1. The van der Waals surface area contributed by atoms with Gasteiger partial charge in [-0.1, -0.05) is 36.4 Å². The van der Waals surface area contributed by atoms with Crippen LogP contribution in [-0.2, 0) is 19.5 Å². The zero-order valence-electron chi connectivity index (χ0n) is 17.6. The van der Waals surface area contributed by atoms with Gasteiger partial charge in [-0.2, -0.15) is 0 Å². The van der Waals surface area contributed by atoms with Gasteiger partial charge >= 0.3 is 0 Å². The molecule has 7 heteroatoms. The van der Waals surface area contributed by atoms with E-state index < -0.39 is 0 Å². The van der Waals surface area contributed by atoms with Gasteiger partial charge in [0.2, 0.25) is 0 Å². The third-order valence-corrected chi connectivity index (χ3v) is 7.05. The Bertz CT molecular complexity index is 1110. The highest BCUT2D eigenvalue weighted by Gasteiger charge is 2.33. The molecule has 2 N–H and O–H groups in total. The Labute approximate surface area is 185 Å². The lowest BCUT2D eigenvalue weighted by molar-refractivity contribution is 0.0934. The number of ether oxygens (including phenoxy) is 2. The number of amides is 1. The first-order valence-electron chi connectivity index (χ1n) is 10.4. The van der Waals surface area contributed by atoms with Gasteiger partial charge in [0.25, 0.3) is 5.91 Å². The maximum Gasteiger partial charge on any atom is 0.256 e. The largest absolute Gasteiger partial charge is 0.493 e. The topological polar surface area (TPSA) is 62.8 Å². The summed E-state index contributed by atoms with van der Waals surface area (Å²) in [5.74, 6) is 1.30. The van der Waals surface area contributed by atoms with Crippen molar-refractivity contribution in [2.75, 3.05) is 26.1 Å². The predicted octanol–water partition coefficient (Wildman–Crippen LogP) is 4.18. The summed E-state index contributed by atoms with van der Waals surface area (Å²) >= 11 is 1.70. The molecule has 0 unspecified atom stereocenters. The molecular formula is C24H25N3O3S. The Morgan fingerprint density at radius 2 is 1.87 bits per heavy atom. The van der Waals surface area contributed by atoms with Gasteiger partial charge in [-0.15, -0.1) is 11.3 Å². The Morgan fingerprint density at radius 1 is 1.06 bits per heavy atom. The van der Waals surface area contributed by atoms with Crippen molar-refractivity contribution >= 4 is 22.2 Å². The number of anilines is 1. The van der Waals surface area contributed by atoms with E-state index >= 15 is 0 Å². The molecule has 2 aromatic carbocycles. The normalized spacial score (nSPS) is 17.9. The second-order valence-electron chi connectivity index (χ2n) is 7.82. The second-order valence-corrected chi connectivity index (χ2v) is 8.92. The third kappa shape index (κ3) is 3.75. The van der Waals surface area contributed by atoms with Gasteiger partial charge in [-0.05, 0) is 35.2 Å². The Morgan fingerprint density at radius 3 is 2.65 bits per heavy atom. The molecule has 0 aliphatic carbocycles. The fourth-order valence-corrected chi connectivity index (χ4v) is 5.66. The average Bonchev–Trinajstić information content (AvgIpc) is 3.17. The van der Waals surface area contributed by atoms with E-state index in [1.807, 2.05) is 24.3 Å². The van der Waals surface area contributed by atoms with Crippen molar-refractivity contribution in [3.8, 4) is 11.5 Å². The molecule has 3 aromatic rings. The van der Waals surface area contributed by atoms with Crippen LogP contribution in [0.5, 0.6) is 11.5 Å². The lowest BCUT2D eigenvalue weighted by atomic mass is 10.00. The first-order chi connectivity index (χ1) is 15.2. The number of nitrogens with one attached hydrogen (secondary N) is 2. The molecule has 0 saturated heterocycles. The predicted molar refractivity (Wildman–Crippen MR) is 122 cm³/mol. The minimum absolute atomic E-state index is 0.0115. The lowest BCUT2D eigenvalue weighted by Gasteiger charge is -2.28. The first kappa shape index (κ1) is 19.9. The monoisotopic (exact) mass is 435 g/mol. The molecule has 6 nitrogen and oxygen atoms in total. The SMILES string of the molecule is COc1ccc([C@@H]2NC(=O)c3c(sc4c3CCN(Cc3ccccc3)C4)N2)cc1OC. The average molecular weight is 436 g/mol. The number of carbonyl (C=O) groups is 1. The van der Waals surface area contributed by atoms with E-state index in [1.54, 1.807) is 25.6 Å². The van der Waals surface area contributed by atoms with Gasteiger partial charge in [0, 0.05) is 24.5 Å². The van der Waals surface area contributed by atoms with Crippen molar-refractivity contribution in [2.45, 2.75) is 25.7 Å². The number of benzene rings is 2. The van der Waals surface area contributed by atoms with Crippen LogP contribution in [0.1, 0.15) is 38.1 Å². The summed E-state index contributed by atoms with van der Waals surface area (Å²) in [7, 11) is 3.23. The standard InChI is InChI=1S/C24H25N3O3S/c1-29-18-9-8-16(12-19(18)30-2)22-25-23(28)21-17-10-11-27(13-15-6-4-3-5-7-15)14-20(17)31-24(21)26-22/h3-9,12,22,26H,10-11,13-14H2,1-2H3,(H,25,28)/t22-/m1/s1. The number of methoxy groups -OCH3 is 2. The van der Waals surface area contributed by atoms with Crippen LogP contribution in [0.3, 0.4) is 0 Å². The van der Waals surface area contributed by atoms with Gasteiger partial charge in [-0.3, -0.25) is 9.69 Å².